The molecule has 0 saturated carbocycles. The van der Waals surface area contributed by atoms with Crippen LogP contribution in [0.4, 0.5) is 0 Å². The Hall–Kier alpha value is -5.28. The van der Waals surface area contributed by atoms with Crippen LogP contribution >= 0.6 is 0 Å². The minimum atomic E-state index is 0. The molecule has 6 heteroatoms. The topological polar surface area (TPSA) is 69.8 Å². The molecule has 248 valence electrons. The summed E-state index contributed by atoms with van der Waals surface area (Å²) in [6.45, 7) is 1.60. The van der Waals surface area contributed by atoms with Gasteiger partial charge >= 0.3 is 0 Å². The van der Waals surface area contributed by atoms with Crippen LogP contribution in [0.5, 0.6) is 0 Å². The maximum atomic E-state index is 12.7. The first-order valence-electron chi connectivity index (χ1n) is 17.3. The lowest BCUT2D eigenvalue weighted by Gasteiger charge is -2.11. The predicted octanol–water partition coefficient (Wildman–Crippen LogP) is 8.07. The zero-order chi connectivity index (χ0) is 32.7. The number of hydrogen-bond donors (Lipinski definition) is 0. The van der Waals surface area contributed by atoms with Crippen molar-refractivity contribution in [1.82, 2.24) is 19.1 Å². The smallest absolute Gasteiger partial charge is 0.261 e. The number of aryl methyl sites for hydroxylation is 4. The zero-order valence-electron chi connectivity index (χ0n) is 27.3. The lowest BCUT2D eigenvalue weighted by molar-refractivity contribution is 0.614. The maximum absolute atomic E-state index is 12.7. The van der Waals surface area contributed by atoms with Gasteiger partial charge in [0.05, 0.1) is 21.8 Å². The summed E-state index contributed by atoms with van der Waals surface area (Å²) in [5.41, 5.74) is 6.28. The Morgan fingerprint density at radius 2 is 1.06 bits per heavy atom. The molecule has 4 heterocycles. The summed E-state index contributed by atoms with van der Waals surface area (Å²) in [5.74, 6) is 8.20. The first-order chi connectivity index (χ1) is 23.6. The van der Waals surface area contributed by atoms with Crippen molar-refractivity contribution in [2.75, 3.05) is 0 Å². The largest absolute Gasteiger partial charge is 0.296 e. The third kappa shape index (κ3) is 7.90. The highest BCUT2D eigenvalue weighted by molar-refractivity contribution is 5.80. The number of rotatable bonds is 3. The molecule has 0 aliphatic carbocycles. The molecule has 0 amide bonds. The molecule has 2 aliphatic rings. The van der Waals surface area contributed by atoms with Crippen molar-refractivity contribution in [1.29, 1.82) is 0 Å². The molecular weight excluding hydrogens is 604 g/mol. The summed E-state index contributed by atoms with van der Waals surface area (Å²) >= 11 is 0. The summed E-state index contributed by atoms with van der Waals surface area (Å²) < 4.78 is 3.74. The fourth-order valence-corrected chi connectivity index (χ4v) is 6.71. The highest BCUT2D eigenvalue weighted by atomic mass is 16.1. The van der Waals surface area contributed by atoms with E-state index in [9.17, 15) is 9.59 Å². The molecule has 0 spiro atoms. The van der Waals surface area contributed by atoms with Crippen molar-refractivity contribution in [3.05, 3.63) is 152 Å². The van der Waals surface area contributed by atoms with Crippen molar-refractivity contribution in [3.63, 3.8) is 0 Å². The Labute approximate surface area is 288 Å². The van der Waals surface area contributed by atoms with Gasteiger partial charge in [-0.25, -0.2) is 9.97 Å². The molecule has 6 nitrogen and oxygen atoms in total. The van der Waals surface area contributed by atoms with Crippen LogP contribution in [0.2, 0.25) is 0 Å². The van der Waals surface area contributed by atoms with Crippen molar-refractivity contribution < 1.29 is 0 Å². The molecule has 2 aromatic heterocycles. The van der Waals surface area contributed by atoms with Crippen LogP contribution in [0.1, 0.15) is 79.9 Å². The molecule has 4 aromatic carbocycles. The highest BCUT2D eigenvalue weighted by Gasteiger charge is 2.15. The lowest BCUT2D eigenvalue weighted by atomic mass is 10.0. The minimum Gasteiger partial charge on any atom is -0.296 e. The van der Waals surface area contributed by atoms with E-state index in [0.717, 1.165) is 110 Å². The fourth-order valence-electron chi connectivity index (χ4n) is 6.71. The van der Waals surface area contributed by atoms with Gasteiger partial charge in [0, 0.05) is 37.1 Å². The predicted molar refractivity (Wildman–Crippen MR) is 200 cm³/mol. The maximum Gasteiger partial charge on any atom is 0.261 e. The van der Waals surface area contributed by atoms with Crippen molar-refractivity contribution in [2.45, 2.75) is 84.7 Å². The molecule has 0 bridgehead atoms. The van der Waals surface area contributed by atoms with E-state index in [1.807, 2.05) is 69.8 Å². The van der Waals surface area contributed by atoms with Crippen LogP contribution in [0, 0.1) is 11.8 Å². The zero-order valence-corrected chi connectivity index (χ0v) is 27.3. The summed E-state index contributed by atoms with van der Waals surface area (Å²) in [6.07, 6.45) is 10.5. The van der Waals surface area contributed by atoms with Gasteiger partial charge in [0.1, 0.15) is 11.6 Å². The molecule has 0 atom stereocenters. The number of fused-ring (bicyclic) bond motifs is 4. The van der Waals surface area contributed by atoms with Crippen LogP contribution in [0.3, 0.4) is 0 Å². The Balaban J connectivity index is 0.000000167. The molecule has 0 radical (unpaired) electrons. The Bertz CT molecular complexity index is 2240. The van der Waals surface area contributed by atoms with E-state index in [-0.39, 0.29) is 18.5 Å². The van der Waals surface area contributed by atoms with Gasteiger partial charge in [-0.3, -0.25) is 18.7 Å². The first kappa shape index (κ1) is 33.6. The number of hydrogen-bond acceptors (Lipinski definition) is 4. The van der Waals surface area contributed by atoms with Crippen molar-refractivity contribution in [2.24, 2.45) is 0 Å². The van der Waals surface area contributed by atoms with Gasteiger partial charge in [-0.15, -0.1) is 0 Å². The van der Waals surface area contributed by atoms with E-state index in [1.165, 1.54) is 17.5 Å². The van der Waals surface area contributed by atoms with Gasteiger partial charge in [0.2, 0.25) is 0 Å². The average molecular weight is 649 g/mol. The van der Waals surface area contributed by atoms with Crippen LogP contribution in [-0.2, 0) is 38.8 Å². The number of benzene rings is 4. The van der Waals surface area contributed by atoms with Gasteiger partial charge < -0.3 is 0 Å². The minimum absolute atomic E-state index is 0. The molecular formula is C43H44N4O2. The first-order valence-corrected chi connectivity index (χ1v) is 17.3. The normalized spacial score (nSPS) is 13.7. The second kappa shape index (κ2) is 15.7. The SMILES string of the molecule is C.O=c1c2ccc(C#Cc3ccccc3)cc2nc2n1CCCCC2.O=c1c2ccc(CCc3ccccc3)cc2nc2n1CCCCC2. The van der Waals surface area contributed by atoms with Gasteiger partial charge in [-0.2, -0.15) is 0 Å². The molecule has 0 fully saturated rings. The Kier molecular flexibility index (Phi) is 10.8. The third-order valence-electron chi connectivity index (χ3n) is 9.37. The summed E-state index contributed by atoms with van der Waals surface area (Å²) in [4.78, 5) is 35.0. The molecule has 8 rings (SSSR count). The van der Waals surface area contributed by atoms with Gasteiger partial charge in [0.15, 0.2) is 0 Å². The van der Waals surface area contributed by atoms with Crippen molar-refractivity contribution >= 4 is 21.8 Å². The molecule has 0 N–H and O–H groups in total. The molecule has 6 aromatic rings. The van der Waals surface area contributed by atoms with E-state index < -0.39 is 0 Å². The van der Waals surface area contributed by atoms with Crippen molar-refractivity contribution in [3.8, 4) is 11.8 Å². The average Bonchev–Trinajstić information content (AvgIpc) is 3.52. The number of aromatic nitrogens is 4. The standard InChI is InChI=1S/C21H22N2O.C21H18N2O.CH4/c2*24-21-18-13-12-17(11-10-16-7-3-1-4-8-16)15-19(18)22-20-9-5-2-6-14-23(20)21;/h1,3-4,7-8,12-13,15H,2,5-6,9-11,14H2;1,3-4,7-8,12-13,15H,2,5-6,9,14H2;1H4. The summed E-state index contributed by atoms with van der Waals surface area (Å²) in [5, 5.41) is 1.44. The molecule has 2 aliphatic heterocycles. The molecule has 0 unspecified atom stereocenters. The second-order valence-corrected chi connectivity index (χ2v) is 12.8. The molecule has 49 heavy (non-hydrogen) atoms. The summed E-state index contributed by atoms with van der Waals surface area (Å²) in [7, 11) is 0. The monoisotopic (exact) mass is 648 g/mol. The second-order valence-electron chi connectivity index (χ2n) is 12.8. The Morgan fingerprint density at radius 1 is 0.531 bits per heavy atom. The fraction of sp³-hybridized carbons (Fsp3) is 0.302. The van der Waals surface area contributed by atoms with E-state index in [4.69, 9.17) is 9.97 Å². The van der Waals surface area contributed by atoms with Gasteiger partial charge in [-0.05, 0) is 92.1 Å². The van der Waals surface area contributed by atoms with E-state index >= 15 is 0 Å². The van der Waals surface area contributed by atoms with Crippen LogP contribution in [0.15, 0.2) is 107 Å². The summed E-state index contributed by atoms with van der Waals surface area (Å²) in [6, 6.07) is 32.3. The van der Waals surface area contributed by atoms with E-state index in [0.29, 0.717) is 5.39 Å². The quantitative estimate of drug-likeness (QED) is 0.182. The van der Waals surface area contributed by atoms with Gasteiger partial charge in [-0.1, -0.05) is 86.7 Å². The molecule has 0 saturated heterocycles. The third-order valence-corrected chi connectivity index (χ3v) is 9.37. The van der Waals surface area contributed by atoms with Crippen LogP contribution in [-0.4, -0.2) is 19.1 Å². The van der Waals surface area contributed by atoms with Crippen LogP contribution in [0.25, 0.3) is 21.8 Å². The lowest BCUT2D eigenvalue weighted by Crippen LogP contribution is -2.24. The van der Waals surface area contributed by atoms with Crippen LogP contribution < -0.4 is 11.1 Å². The van der Waals surface area contributed by atoms with E-state index in [1.54, 1.807) is 0 Å². The van der Waals surface area contributed by atoms with Gasteiger partial charge in [0.25, 0.3) is 11.1 Å². The number of nitrogens with zero attached hydrogens (tertiary/aromatic N) is 4. The Morgan fingerprint density at radius 3 is 1.69 bits per heavy atom. The highest BCUT2D eigenvalue weighted by Crippen LogP contribution is 2.18. The van der Waals surface area contributed by atoms with E-state index in [2.05, 4.69) is 48.2 Å².